The summed E-state index contributed by atoms with van der Waals surface area (Å²) in [4.78, 5) is 28.0. The maximum Gasteiger partial charge on any atom is 0.407 e. The van der Waals surface area contributed by atoms with Crippen LogP contribution < -0.4 is 10.1 Å². The van der Waals surface area contributed by atoms with Crippen LogP contribution in [0.2, 0.25) is 0 Å². The standard InChI is InChI=1S/C26H30N4O5/c1-17-5-3-6-18(11-17)16-34-26(33)28-15-24-22(14-29-30(24)2)23-10-9-21(13-27-23)35-20-8-4-7-19(12-20)25(31)32/h3,5-6,9-11,13-14,19-20H,4,7-8,12,15-16H2,1-2H3,(H,28,33)(H,31,32)/t19?,20-/m0/s1. The van der Waals surface area contributed by atoms with Crippen molar-refractivity contribution in [3.05, 3.63) is 65.6 Å². The van der Waals surface area contributed by atoms with E-state index in [2.05, 4.69) is 15.4 Å². The highest BCUT2D eigenvalue weighted by atomic mass is 16.5. The molecule has 1 aromatic carbocycles. The molecule has 35 heavy (non-hydrogen) atoms. The van der Waals surface area contributed by atoms with E-state index in [1.165, 1.54) is 0 Å². The van der Waals surface area contributed by atoms with Gasteiger partial charge in [0.05, 0.1) is 42.3 Å². The lowest BCUT2D eigenvalue weighted by molar-refractivity contribution is -0.143. The number of carbonyl (C=O) groups is 2. The Morgan fingerprint density at radius 3 is 2.80 bits per heavy atom. The Kier molecular flexibility index (Phi) is 7.64. The van der Waals surface area contributed by atoms with Crippen LogP contribution in [0, 0.1) is 12.8 Å². The second kappa shape index (κ2) is 11.0. The predicted molar refractivity (Wildman–Crippen MR) is 129 cm³/mol. The van der Waals surface area contributed by atoms with Crippen molar-refractivity contribution < 1.29 is 24.2 Å². The first-order chi connectivity index (χ1) is 16.9. The average molecular weight is 479 g/mol. The molecule has 3 aromatic rings. The van der Waals surface area contributed by atoms with Crippen LogP contribution in [0.3, 0.4) is 0 Å². The number of aromatic nitrogens is 3. The van der Waals surface area contributed by atoms with Crippen molar-refractivity contribution in [3.8, 4) is 17.0 Å². The Morgan fingerprint density at radius 1 is 1.20 bits per heavy atom. The van der Waals surface area contributed by atoms with E-state index in [0.29, 0.717) is 24.3 Å². The van der Waals surface area contributed by atoms with E-state index in [0.717, 1.165) is 35.2 Å². The normalized spacial score (nSPS) is 17.5. The van der Waals surface area contributed by atoms with Crippen molar-refractivity contribution in [2.75, 3.05) is 0 Å². The highest BCUT2D eigenvalue weighted by Gasteiger charge is 2.28. The lowest BCUT2D eigenvalue weighted by atomic mass is 9.87. The van der Waals surface area contributed by atoms with Crippen molar-refractivity contribution in [2.45, 2.75) is 51.9 Å². The molecule has 2 atom stereocenters. The topological polar surface area (TPSA) is 116 Å². The number of carboxylic acid groups (broad SMARTS) is 1. The summed E-state index contributed by atoms with van der Waals surface area (Å²) in [6.45, 7) is 2.42. The van der Waals surface area contributed by atoms with Gasteiger partial charge in [0.2, 0.25) is 0 Å². The second-order valence-electron chi connectivity index (χ2n) is 8.87. The molecule has 2 aromatic heterocycles. The monoisotopic (exact) mass is 478 g/mol. The van der Waals surface area contributed by atoms with E-state index in [1.54, 1.807) is 24.1 Å². The first-order valence-corrected chi connectivity index (χ1v) is 11.7. The minimum absolute atomic E-state index is 0.124. The average Bonchev–Trinajstić information content (AvgIpc) is 3.22. The lowest BCUT2D eigenvalue weighted by Gasteiger charge is -2.27. The zero-order chi connectivity index (χ0) is 24.8. The van der Waals surface area contributed by atoms with Gasteiger partial charge >= 0.3 is 12.1 Å². The van der Waals surface area contributed by atoms with Gasteiger partial charge in [0.1, 0.15) is 12.4 Å². The van der Waals surface area contributed by atoms with E-state index < -0.39 is 12.1 Å². The van der Waals surface area contributed by atoms with Crippen LogP contribution in [0.4, 0.5) is 4.79 Å². The number of alkyl carbamates (subject to hydrolysis) is 1. The van der Waals surface area contributed by atoms with Crippen molar-refractivity contribution in [3.63, 3.8) is 0 Å². The molecular formula is C26H30N4O5. The van der Waals surface area contributed by atoms with Gasteiger partial charge in [-0.05, 0) is 50.3 Å². The van der Waals surface area contributed by atoms with Gasteiger partial charge in [-0.2, -0.15) is 5.10 Å². The van der Waals surface area contributed by atoms with E-state index in [9.17, 15) is 14.7 Å². The molecule has 9 heteroatoms. The molecule has 1 fully saturated rings. The number of amides is 1. The fraction of sp³-hybridized carbons (Fsp3) is 0.385. The second-order valence-corrected chi connectivity index (χ2v) is 8.87. The third-order valence-corrected chi connectivity index (χ3v) is 6.20. The fourth-order valence-corrected chi connectivity index (χ4v) is 4.32. The van der Waals surface area contributed by atoms with Gasteiger partial charge in [-0.25, -0.2) is 4.79 Å². The van der Waals surface area contributed by atoms with E-state index in [1.807, 2.05) is 43.3 Å². The predicted octanol–water partition coefficient (Wildman–Crippen LogP) is 4.24. The summed E-state index contributed by atoms with van der Waals surface area (Å²) < 4.78 is 13.0. The number of carbonyl (C=O) groups excluding carboxylic acids is 1. The van der Waals surface area contributed by atoms with E-state index >= 15 is 0 Å². The van der Waals surface area contributed by atoms with Crippen molar-refractivity contribution in [1.29, 1.82) is 0 Å². The molecule has 1 aliphatic carbocycles. The molecule has 0 spiro atoms. The van der Waals surface area contributed by atoms with Crippen LogP contribution in [0.5, 0.6) is 5.75 Å². The van der Waals surface area contributed by atoms with Crippen LogP contribution in [0.25, 0.3) is 11.3 Å². The van der Waals surface area contributed by atoms with Crippen LogP contribution in [0.1, 0.15) is 42.5 Å². The Balaban J connectivity index is 1.34. The number of aliphatic carboxylic acids is 1. The summed E-state index contributed by atoms with van der Waals surface area (Å²) >= 11 is 0. The van der Waals surface area contributed by atoms with Gasteiger partial charge in [-0.1, -0.05) is 29.8 Å². The number of hydrogen-bond acceptors (Lipinski definition) is 6. The molecule has 0 bridgehead atoms. The Morgan fingerprint density at radius 2 is 2.06 bits per heavy atom. The maximum atomic E-state index is 12.2. The highest BCUT2D eigenvalue weighted by molar-refractivity contribution is 5.70. The summed E-state index contributed by atoms with van der Waals surface area (Å²) in [5.41, 5.74) is 4.32. The summed E-state index contributed by atoms with van der Waals surface area (Å²) in [5.74, 6) is -0.508. The largest absolute Gasteiger partial charge is 0.489 e. The molecule has 1 aliphatic rings. The number of rotatable bonds is 8. The summed E-state index contributed by atoms with van der Waals surface area (Å²) in [5, 5.41) is 16.4. The van der Waals surface area contributed by atoms with Crippen molar-refractivity contribution >= 4 is 12.1 Å². The van der Waals surface area contributed by atoms with Gasteiger partial charge in [-0.3, -0.25) is 14.5 Å². The summed E-state index contributed by atoms with van der Waals surface area (Å²) in [6.07, 6.45) is 5.59. The number of nitrogens with one attached hydrogen (secondary N) is 1. The van der Waals surface area contributed by atoms with Gasteiger partial charge in [0.15, 0.2) is 0 Å². The minimum atomic E-state index is -0.761. The van der Waals surface area contributed by atoms with Gasteiger partial charge in [-0.15, -0.1) is 0 Å². The molecule has 1 saturated carbocycles. The zero-order valence-electron chi connectivity index (χ0n) is 19.9. The number of ether oxygens (including phenoxy) is 2. The molecule has 2 heterocycles. The molecule has 1 amide bonds. The molecule has 0 radical (unpaired) electrons. The van der Waals surface area contributed by atoms with Gasteiger partial charge in [0.25, 0.3) is 0 Å². The third kappa shape index (κ3) is 6.38. The first-order valence-electron chi connectivity index (χ1n) is 11.7. The Bertz CT molecular complexity index is 1170. The lowest BCUT2D eigenvalue weighted by Crippen LogP contribution is -2.29. The number of aryl methyl sites for hydroxylation is 2. The molecule has 1 unspecified atom stereocenters. The molecule has 9 nitrogen and oxygen atoms in total. The zero-order valence-corrected chi connectivity index (χ0v) is 19.9. The molecule has 2 N–H and O–H groups in total. The number of pyridine rings is 1. The highest BCUT2D eigenvalue weighted by Crippen LogP contribution is 2.29. The van der Waals surface area contributed by atoms with Crippen molar-refractivity contribution in [1.82, 2.24) is 20.1 Å². The Labute approximate surface area is 204 Å². The van der Waals surface area contributed by atoms with Crippen LogP contribution in [-0.4, -0.2) is 38.0 Å². The third-order valence-electron chi connectivity index (χ3n) is 6.20. The molecule has 4 rings (SSSR count). The molecular weight excluding hydrogens is 448 g/mol. The minimum Gasteiger partial charge on any atom is -0.489 e. The molecule has 0 aliphatic heterocycles. The van der Waals surface area contributed by atoms with E-state index in [-0.39, 0.29) is 25.2 Å². The number of hydrogen-bond donors (Lipinski definition) is 2. The number of benzene rings is 1. The van der Waals surface area contributed by atoms with Crippen LogP contribution in [0.15, 0.2) is 48.8 Å². The van der Waals surface area contributed by atoms with E-state index in [4.69, 9.17) is 9.47 Å². The summed E-state index contributed by atoms with van der Waals surface area (Å²) in [7, 11) is 1.80. The Hall–Kier alpha value is -3.88. The number of nitrogens with zero attached hydrogens (tertiary/aromatic N) is 3. The van der Waals surface area contributed by atoms with Crippen LogP contribution >= 0.6 is 0 Å². The SMILES string of the molecule is Cc1cccc(COC(=O)NCc2c(-c3ccc(O[C@H]4CCCC(C(=O)O)C4)cn3)cnn2C)c1. The maximum absolute atomic E-state index is 12.2. The van der Waals surface area contributed by atoms with Crippen molar-refractivity contribution in [2.24, 2.45) is 13.0 Å². The first kappa shape index (κ1) is 24.3. The smallest absolute Gasteiger partial charge is 0.407 e. The fourth-order valence-electron chi connectivity index (χ4n) is 4.32. The summed E-state index contributed by atoms with van der Waals surface area (Å²) in [6, 6.07) is 11.5. The van der Waals surface area contributed by atoms with Gasteiger partial charge < -0.3 is 19.9 Å². The molecule has 0 saturated heterocycles. The van der Waals surface area contributed by atoms with Gasteiger partial charge in [0, 0.05) is 12.6 Å². The molecule has 184 valence electrons. The van der Waals surface area contributed by atoms with Crippen LogP contribution in [-0.2, 0) is 29.7 Å². The number of carboxylic acids is 1. The quantitative estimate of drug-likeness (QED) is 0.497.